The predicted octanol–water partition coefficient (Wildman–Crippen LogP) is 5.27. The zero-order chi connectivity index (χ0) is 19.8. The zero-order valence-corrected chi connectivity index (χ0v) is 16.9. The monoisotopic (exact) mass is 412 g/mol. The lowest BCUT2D eigenvalue weighted by Gasteiger charge is -2.23. The molecule has 1 aliphatic rings. The first-order valence-electron chi connectivity index (χ1n) is 9.00. The molecule has 7 heteroatoms. The lowest BCUT2D eigenvalue weighted by molar-refractivity contribution is -0.136. The van der Waals surface area contributed by atoms with Crippen molar-refractivity contribution in [2.75, 3.05) is 0 Å². The molecule has 0 saturated carbocycles. The van der Waals surface area contributed by atoms with Crippen molar-refractivity contribution < 1.29 is 4.79 Å². The Labute approximate surface area is 173 Å². The number of rotatable bonds is 3. The molecule has 28 heavy (non-hydrogen) atoms. The molecule has 0 bridgehead atoms. The van der Waals surface area contributed by atoms with Crippen LogP contribution in [-0.2, 0) is 4.79 Å². The Bertz CT molecular complexity index is 1100. The number of benzene rings is 2. The quantitative estimate of drug-likeness (QED) is 0.588. The second-order valence-electron chi connectivity index (χ2n) is 7.03. The summed E-state index contributed by atoms with van der Waals surface area (Å²) in [5, 5.41) is 7.30. The van der Waals surface area contributed by atoms with Crippen LogP contribution >= 0.6 is 23.2 Å². The third-order valence-electron chi connectivity index (χ3n) is 4.75. The van der Waals surface area contributed by atoms with Gasteiger partial charge in [0.2, 0.25) is 5.91 Å². The van der Waals surface area contributed by atoms with Gasteiger partial charge in [0, 0.05) is 35.3 Å². The maximum absolute atomic E-state index is 12.8. The molecule has 2 heterocycles. The van der Waals surface area contributed by atoms with Gasteiger partial charge in [0.25, 0.3) is 0 Å². The summed E-state index contributed by atoms with van der Waals surface area (Å²) in [6.07, 6.45) is 3.88. The van der Waals surface area contributed by atoms with Crippen LogP contribution in [0, 0.1) is 5.92 Å². The summed E-state index contributed by atoms with van der Waals surface area (Å²) < 4.78 is 0. The fraction of sp³-hybridized carbons (Fsp3) is 0.238. The third-order valence-corrected chi connectivity index (χ3v) is 5.30. The van der Waals surface area contributed by atoms with E-state index >= 15 is 0 Å². The first kappa shape index (κ1) is 18.8. The highest BCUT2D eigenvalue weighted by atomic mass is 35.5. The molecule has 1 aliphatic heterocycles. The van der Waals surface area contributed by atoms with E-state index in [-0.39, 0.29) is 17.9 Å². The van der Waals surface area contributed by atoms with Gasteiger partial charge in [0.05, 0.1) is 27.8 Å². The van der Waals surface area contributed by atoms with Gasteiger partial charge in [-0.05, 0) is 29.8 Å². The van der Waals surface area contributed by atoms with Crippen LogP contribution in [0.1, 0.15) is 37.4 Å². The van der Waals surface area contributed by atoms with Gasteiger partial charge in [0.15, 0.2) is 0 Å². The van der Waals surface area contributed by atoms with Gasteiger partial charge in [0.1, 0.15) is 0 Å². The maximum Gasteiger partial charge on any atom is 0.245 e. The summed E-state index contributed by atoms with van der Waals surface area (Å²) >= 11 is 12.4. The van der Waals surface area contributed by atoms with E-state index in [1.807, 2.05) is 38.1 Å². The van der Waals surface area contributed by atoms with E-state index in [0.29, 0.717) is 16.5 Å². The molecule has 0 radical (unpaired) electrons. The molecule has 0 saturated heterocycles. The number of aromatic nitrogens is 2. The molecule has 142 valence electrons. The van der Waals surface area contributed by atoms with Crippen molar-refractivity contribution in [1.29, 1.82) is 0 Å². The Kier molecular flexibility index (Phi) is 5.04. The Morgan fingerprint density at radius 1 is 1.07 bits per heavy atom. The number of carbonyl (C=O) groups is 1. The molecule has 1 amide bonds. The van der Waals surface area contributed by atoms with Crippen LogP contribution in [-0.4, -0.2) is 26.6 Å². The van der Waals surface area contributed by atoms with Crippen LogP contribution in [0.15, 0.2) is 53.9 Å². The fourth-order valence-corrected chi connectivity index (χ4v) is 3.83. The van der Waals surface area contributed by atoms with E-state index < -0.39 is 0 Å². The first-order chi connectivity index (χ1) is 13.4. The Hall–Kier alpha value is -2.50. The second kappa shape index (κ2) is 7.49. The van der Waals surface area contributed by atoms with Crippen LogP contribution in [0.2, 0.25) is 10.0 Å². The second-order valence-corrected chi connectivity index (χ2v) is 7.88. The minimum absolute atomic E-state index is 0.0377. The van der Waals surface area contributed by atoms with Gasteiger partial charge in [-0.2, -0.15) is 5.10 Å². The number of hydrogen-bond acceptors (Lipinski definition) is 4. The van der Waals surface area contributed by atoms with Crippen molar-refractivity contribution in [2.24, 2.45) is 11.0 Å². The summed E-state index contributed by atoms with van der Waals surface area (Å²) in [6.45, 7) is 3.74. The molecule has 0 N–H and O–H groups in total. The van der Waals surface area contributed by atoms with Crippen molar-refractivity contribution in [3.8, 4) is 0 Å². The maximum atomic E-state index is 12.8. The highest BCUT2D eigenvalue weighted by molar-refractivity contribution is 6.37. The van der Waals surface area contributed by atoms with Crippen LogP contribution in [0.5, 0.6) is 0 Å². The van der Waals surface area contributed by atoms with Crippen LogP contribution < -0.4 is 0 Å². The summed E-state index contributed by atoms with van der Waals surface area (Å²) in [5.41, 5.74) is 4.12. The highest BCUT2D eigenvalue weighted by Crippen LogP contribution is 2.36. The van der Waals surface area contributed by atoms with Crippen molar-refractivity contribution >= 4 is 45.9 Å². The number of fused-ring (bicyclic) bond motifs is 1. The van der Waals surface area contributed by atoms with Gasteiger partial charge in [-0.3, -0.25) is 14.8 Å². The van der Waals surface area contributed by atoms with E-state index in [9.17, 15) is 4.79 Å². The third kappa shape index (κ3) is 3.48. The van der Waals surface area contributed by atoms with E-state index in [2.05, 4.69) is 15.1 Å². The number of amides is 1. The average molecular weight is 413 g/mol. The number of hydrazone groups is 1. The number of halogens is 2. The molecular formula is C21H18Cl2N4O. The van der Waals surface area contributed by atoms with Gasteiger partial charge >= 0.3 is 0 Å². The molecule has 3 aromatic rings. The molecule has 4 rings (SSSR count). The smallest absolute Gasteiger partial charge is 0.245 e. The molecule has 1 atom stereocenters. The molecule has 0 spiro atoms. The van der Waals surface area contributed by atoms with E-state index in [1.165, 1.54) is 0 Å². The SMILES string of the molecule is CC(C)C(=O)N1N=C(c2ccc(Cl)cc2Cl)CC1c1ccc2nccnc2c1. The van der Waals surface area contributed by atoms with Gasteiger partial charge < -0.3 is 0 Å². The minimum atomic E-state index is -0.219. The first-order valence-corrected chi connectivity index (χ1v) is 9.76. The van der Waals surface area contributed by atoms with Crippen molar-refractivity contribution in [3.63, 3.8) is 0 Å². The van der Waals surface area contributed by atoms with E-state index in [1.54, 1.807) is 29.5 Å². The topological polar surface area (TPSA) is 58.5 Å². The Balaban J connectivity index is 1.76. The lowest BCUT2D eigenvalue weighted by Crippen LogP contribution is -2.30. The number of carbonyl (C=O) groups excluding carboxylic acids is 1. The summed E-state index contributed by atoms with van der Waals surface area (Å²) in [4.78, 5) is 21.5. The number of hydrogen-bond donors (Lipinski definition) is 0. The van der Waals surface area contributed by atoms with Crippen molar-refractivity contribution in [3.05, 3.63) is 70.0 Å². The van der Waals surface area contributed by atoms with E-state index in [0.717, 1.165) is 27.9 Å². The van der Waals surface area contributed by atoms with Crippen LogP contribution in [0.25, 0.3) is 11.0 Å². The number of nitrogens with zero attached hydrogens (tertiary/aromatic N) is 4. The molecule has 0 fully saturated rings. The normalized spacial score (nSPS) is 16.7. The molecule has 2 aromatic carbocycles. The standard InChI is InChI=1S/C21H18Cl2N4O/c1-12(2)21(28)27-20(13-3-6-17-19(9-13)25-8-7-24-17)11-18(26-27)15-5-4-14(22)10-16(15)23/h3-10,12,20H,11H2,1-2H3. The van der Waals surface area contributed by atoms with Crippen molar-refractivity contribution in [2.45, 2.75) is 26.3 Å². The fourth-order valence-electron chi connectivity index (χ4n) is 3.31. The predicted molar refractivity (Wildman–Crippen MR) is 112 cm³/mol. The van der Waals surface area contributed by atoms with Crippen molar-refractivity contribution in [1.82, 2.24) is 15.0 Å². The molecule has 1 unspecified atom stereocenters. The molecule has 0 aliphatic carbocycles. The van der Waals surface area contributed by atoms with Crippen LogP contribution in [0.4, 0.5) is 0 Å². The lowest BCUT2D eigenvalue weighted by atomic mass is 9.97. The molecule has 5 nitrogen and oxygen atoms in total. The highest BCUT2D eigenvalue weighted by Gasteiger charge is 2.34. The molecular weight excluding hydrogens is 395 g/mol. The van der Waals surface area contributed by atoms with Gasteiger partial charge in [-0.15, -0.1) is 0 Å². The summed E-state index contributed by atoms with van der Waals surface area (Å²) in [6, 6.07) is 11.0. The van der Waals surface area contributed by atoms with Gasteiger partial charge in [-0.1, -0.05) is 49.2 Å². The Morgan fingerprint density at radius 2 is 1.82 bits per heavy atom. The van der Waals surface area contributed by atoms with E-state index in [4.69, 9.17) is 23.2 Å². The Morgan fingerprint density at radius 3 is 2.54 bits per heavy atom. The van der Waals surface area contributed by atoms with Crippen LogP contribution in [0.3, 0.4) is 0 Å². The minimum Gasteiger partial charge on any atom is -0.273 e. The van der Waals surface area contributed by atoms with Gasteiger partial charge in [-0.25, -0.2) is 5.01 Å². The average Bonchev–Trinajstić information content (AvgIpc) is 3.11. The summed E-state index contributed by atoms with van der Waals surface area (Å²) in [5.74, 6) is -0.212. The largest absolute Gasteiger partial charge is 0.273 e. The summed E-state index contributed by atoms with van der Waals surface area (Å²) in [7, 11) is 0. The zero-order valence-electron chi connectivity index (χ0n) is 15.4. The molecule has 1 aromatic heterocycles.